The number of carbonyl (C=O) groups is 2. The predicted octanol–water partition coefficient (Wildman–Crippen LogP) is 4.04. The van der Waals surface area contributed by atoms with Crippen LogP contribution in [0.15, 0.2) is 30.3 Å². The molecule has 3 fully saturated rings. The zero-order valence-electron chi connectivity index (χ0n) is 23.7. The van der Waals surface area contributed by atoms with E-state index in [0.717, 1.165) is 34.1 Å². The molecule has 0 unspecified atom stereocenters. The molecule has 43 heavy (non-hydrogen) atoms. The molecular weight excluding hydrogens is 616 g/mol. The van der Waals surface area contributed by atoms with E-state index in [1.54, 1.807) is 15.6 Å². The van der Waals surface area contributed by atoms with E-state index in [1.165, 1.54) is 6.07 Å². The Morgan fingerprint density at radius 1 is 1.09 bits per heavy atom. The topological polar surface area (TPSA) is 119 Å². The highest BCUT2D eigenvalue weighted by Crippen LogP contribution is 2.50. The Morgan fingerprint density at radius 2 is 1.79 bits per heavy atom. The van der Waals surface area contributed by atoms with Gasteiger partial charge in [-0.2, -0.15) is 5.10 Å². The number of rotatable bonds is 5. The molecule has 3 aromatic rings. The van der Waals surface area contributed by atoms with Crippen LogP contribution in [0.3, 0.4) is 0 Å². The maximum absolute atomic E-state index is 14.8. The summed E-state index contributed by atoms with van der Waals surface area (Å²) in [7, 11) is -1.17. The third kappa shape index (κ3) is 4.45. The van der Waals surface area contributed by atoms with Crippen LogP contribution in [-0.2, 0) is 33.5 Å². The zero-order chi connectivity index (χ0) is 30.6. The van der Waals surface area contributed by atoms with Crippen molar-refractivity contribution in [1.29, 1.82) is 0 Å². The van der Waals surface area contributed by atoms with Gasteiger partial charge in [0.15, 0.2) is 9.84 Å². The highest BCUT2D eigenvalue weighted by molar-refractivity contribution is 7.92. The number of aryl methyl sites for hydroxylation is 1. The fraction of sp³-hybridized carbons (Fsp3) is 0.433. The van der Waals surface area contributed by atoms with E-state index in [9.17, 15) is 22.4 Å². The van der Waals surface area contributed by atoms with Crippen LogP contribution in [-0.4, -0.2) is 66.1 Å². The summed E-state index contributed by atoms with van der Waals surface area (Å²) < 4.78 is 40.0. The number of carbonyl (C=O) groups excluding carboxylic acids is 2. The van der Waals surface area contributed by atoms with Gasteiger partial charge in [-0.15, -0.1) is 0 Å². The van der Waals surface area contributed by atoms with Gasteiger partial charge in [0.1, 0.15) is 5.82 Å². The molecule has 4 heterocycles. The van der Waals surface area contributed by atoms with Gasteiger partial charge < -0.3 is 15.5 Å². The standard InChI is InChI=1S/C30H30Cl2FN5O4S/c1-16-25-21(26(36(2)35-25)17-7-18(9-19(31)8-17)30(4-5-30)28(34)40)3-6-38(16)27(39)22-10-20(33)11-23(24(22)32)37-12-29(13-37)14-43(41,42)15-29/h7-11,16H,3-6,12-15H2,1-2H3,(H2,34,40)/t16-/m0/s1. The van der Waals surface area contributed by atoms with Gasteiger partial charge in [-0.3, -0.25) is 14.3 Å². The van der Waals surface area contributed by atoms with Crippen LogP contribution in [0.25, 0.3) is 11.3 Å². The molecule has 0 bridgehead atoms. The van der Waals surface area contributed by atoms with Crippen molar-refractivity contribution in [2.75, 3.05) is 36.0 Å². The molecular formula is C30H30Cl2FN5O4S. The molecule has 1 spiro atoms. The lowest BCUT2D eigenvalue weighted by Crippen LogP contribution is -2.68. The van der Waals surface area contributed by atoms with Crippen LogP contribution in [0.4, 0.5) is 10.1 Å². The number of aromatic nitrogens is 2. The Kier molecular flexibility index (Phi) is 6.27. The van der Waals surface area contributed by atoms with Gasteiger partial charge in [0.2, 0.25) is 5.91 Å². The van der Waals surface area contributed by atoms with Crippen molar-refractivity contribution in [2.45, 2.75) is 37.6 Å². The lowest BCUT2D eigenvalue weighted by Gasteiger charge is -2.56. The highest BCUT2D eigenvalue weighted by Gasteiger charge is 2.56. The summed E-state index contributed by atoms with van der Waals surface area (Å²) in [6.45, 7) is 3.15. The van der Waals surface area contributed by atoms with E-state index in [4.69, 9.17) is 34.0 Å². The fourth-order valence-corrected chi connectivity index (χ4v) is 10.0. The number of hydrogen-bond donors (Lipinski definition) is 1. The first-order chi connectivity index (χ1) is 20.2. The number of nitrogens with zero attached hydrogens (tertiary/aromatic N) is 4. The fourth-order valence-electron chi connectivity index (χ4n) is 7.31. The number of halogens is 3. The number of nitrogens with two attached hydrogens (primary N) is 1. The minimum atomic E-state index is -3.00. The third-order valence-electron chi connectivity index (χ3n) is 9.54. The minimum absolute atomic E-state index is 0.0611. The molecule has 1 aliphatic carbocycles. The predicted molar refractivity (Wildman–Crippen MR) is 162 cm³/mol. The maximum atomic E-state index is 14.8. The third-order valence-corrected chi connectivity index (χ3v) is 12.3. The molecule has 0 radical (unpaired) electrons. The van der Waals surface area contributed by atoms with E-state index in [2.05, 4.69) is 0 Å². The molecule has 2 N–H and O–H groups in total. The van der Waals surface area contributed by atoms with Crippen LogP contribution in [0.1, 0.15) is 53.0 Å². The summed E-state index contributed by atoms with van der Waals surface area (Å²) in [5, 5.41) is 5.43. The van der Waals surface area contributed by atoms with Gasteiger partial charge in [-0.05, 0) is 62.1 Å². The second-order valence-corrected chi connectivity index (χ2v) is 15.5. The molecule has 7 rings (SSSR count). The second-order valence-electron chi connectivity index (χ2n) is 12.6. The van der Waals surface area contributed by atoms with Crippen molar-refractivity contribution in [1.82, 2.24) is 14.7 Å². The van der Waals surface area contributed by atoms with Gasteiger partial charge >= 0.3 is 0 Å². The molecule has 1 saturated carbocycles. The lowest BCUT2D eigenvalue weighted by atomic mass is 9.82. The first-order valence-electron chi connectivity index (χ1n) is 14.2. The number of sulfone groups is 1. The average Bonchev–Trinajstić information content (AvgIpc) is 3.64. The number of primary amides is 1. The summed E-state index contributed by atoms with van der Waals surface area (Å²) >= 11 is 13.2. The molecule has 1 aromatic heterocycles. The van der Waals surface area contributed by atoms with Crippen molar-refractivity contribution in [3.05, 3.63) is 68.6 Å². The Labute approximate surface area is 258 Å². The number of amides is 2. The molecule has 4 aliphatic rings. The minimum Gasteiger partial charge on any atom is -0.369 e. The zero-order valence-corrected chi connectivity index (χ0v) is 26.0. The van der Waals surface area contributed by atoms with Crippen LogP contribution < -0.4 is 10.6 Å². The number of hydrogen-bond acceptors (Lipinski definition) is 6. The van der Waals surface area contributed by atoms with Gasteiger partial charge in [-0.25, -0.2) is 12.8 Å². The lowest BCUT2D eigenvalue weighted by molar-refractivity contribution is -0.120. The van der Waals surface area contributed by atoms with Crippen molar-refractivity contribution >= 4 is 50.5 Å². The molecule has 9 nitrogen and oxygen atoms in total. The number of benzene rings is 2. The average molecular weight is 647 g/mol. The van der Waals surface area contributed by atoms with Crippen LogP contribution >= 0.6 is 23.2 Å². The van der Waals surface area contributed by atoms with Gasteiger partial charge in [0.05, 0.1) is 50.6 Å². The summed E-state index contributed by atoms with van der Waals surface area (Å²) in [5.41, 5.74) is 9.35. The van der Waals surface area contributed by atoms with Gasteiger partial charge in [0, 0.05) is 48.2 Å². The van der Waals surface area contributed by atoms with E-state index >= 15 is 0 Å². The number of anilines is 1. The van der Waals surface area contributed by atoms with Crippen molar-refractivity contribution in [3.8, 4) is 11.3 Å². The molecule has 226 valence electrons. The quantitative estimate of drug-likeness (QED) is 0.447. The Hall–Kier alpha value is -3.15. The van der Waals surface area contributed by atoms with Crippen LogP contribution in [0.2, 0.25) is 10.0 Å². The molecule has 1 atom stereocenters. The highest BCUT2D eigenvalue weighted by atomic mass is 35.5. The molecule has 2 aromatic carbocycles. The van der Waals surface area contributed by atoms with Crippen molar-refractivity contribution in [3.63, 3.8) is 0 Å². The summed E-state index contributed by atoms with van der Waals surface area (Å²) in [4.78, 5) is 29.6. The summed E-state index contributed by atoms with van der Waals surface area (Å²) in [6, 6.07) is 7.62. The molecule has 3 aliphatic heterocycles. The summed E-state index contributed by atoms with van der Waals surface area (Å²) in [6.07, 6.45) is 1.87. The van der Waals surface area contributed by atoms with Gasteiger partial charge in [0.25, 0.3) is 5.91 Å². The Bertz CT molecular complexity index is 1830. The normalized spacial score (nSPS) is 22.5. The first kappa shape index (κ1) is 28.6. The second kappa shape index (κ2) is 9.42. The Morgan fingerprint density at radius 3 is 2.42 bits per heavy atom. The van der Waals surface area contributed by atoms with Gasteiger partial charge in [-0.1, -0.05) is 23.2 Å². The maximum Gasteiger partial charge on any atom is 0.256 e. The molecule has 13 heteroatoms. The summed E-state index contributed by atoms with van der Waals surface area (Å²) in [5.74, 6) is -1.11. The van der Waals surface area contributed by atoms with Crippen LogP contribution in [0.5, 0.6) is 0 Å². The largest absolute Gasteiger partial charge is 0.369 e. The monoisotopic (exact) mass is 645 g/mol. The smallest absolute Gasteiger partial charge is 0.256 e. The van der Waals surface area contributed by atoms with Crippen molar-refractivity contribution < 1.29 is 22.4 Å². The molecule has 2 saturated heterocycles. The van der Waals surface area contributed by atoms with Crippen molar-refractivity contribution in [2.24, 2.45) is 18.2 Å². The van der Waals surface area contributed by atoms with E-state index in [-0.39, 0.29) is 33.4 Å². The Balaban J connectivity index is 1.17. The SMILES string of the molecule is C[C@H]1c2nn(C)c(-c3cc(Cl)cc(C4(C(N)=O)CC4)c3)c2CCN1C(=O)c1cc(F)cc(N2CC3(C2)CS(=O)(=O)C3)c1Cl. The number of fused-ring (bicyclic) bond motifs is 1. The van der Waals surface area contributed by atoms with E-state index in [1.807, 2.05) is 31.0 Å². The van der Waals surface area contributed by atoms with Crippen LogP contribution in [0, 0.1) is 11.2 Å². The van der Waals surface area contributed by atoms with E-state index in [0.29, 0.717) is 49.6 Å². The van der Waals surface area contributed by atoms with E-state index < -0.39 is 33.0 Å². The molecule has 2 amide bonds. The first-order valence-corrected chi connectivity index (χ1v) is 16.7.